The Labute approximate surface area is 160 Å². The zero-order chi connectivity index (χ0) is 18.5. The van der Waals surface area contributed by atoms with E-state index in [4.69, 9.17) is 16.3 Å². The van der Waals surface area contributed by atoms with Crippen LogP contribution >= 0.6 is 11.6 Å². The van der Waals surface area contributed by atoms with Gasteiger partial charge in [0.05, 0.1) is 7.11 Å². The van der Waals surface area contributed by atoms with Gasteiger partial charge in [-0.3, -0.25) is 9.59 Å². The monoisotopic (exact) mass is 378 g/mol. The van der Waals surface area contributed by atoms with E-state index in [0.29, 0.717) is 0 Å². The molecule has 2 aliphatic rings. The highest BCUT2D eigenvalue weighted by Gasteiger charge is 2.41. The largest absolute Gasteiger partial charge is 0.497 e. The van der Waals surface area contributed by atoms with Gasteiger partial charge >= 0.3 is 0 Å². The second-order valence-corrected chi connectivity index (χ2v) is 7.45. The van der Waals surface area contributed by atoms with Crippen molar-refractivity contribution < 1.29 is 14.3 Å². The number of carbonyl (C=O) groups excluding carboxylic acids is 2. The van der Waals surface area contributed by atoms with Gasteiger partial charge in [0.2, 0.25) is 11.8 Å². The summed E-state index contributed by atoms with van der Waals surface area (Å²) in [4.78, 5) is 27.4. The number of halogens is 1. The molecule has 1 N–H and O–H groups in total. The molecule has 2 amide bonds. The van der Waals surface area contributed by atoms with Crippen LogP contribution < -0.4 is 10.1 Å². The van der Waals surface area contributed by atoms with Crippen molar-refractivity contribution in [2.24, 2.45) is 0 Å². The van der Waals surface area contributed by atoms with E-state index in [0.717, 1.165) is 49.8 Å². The summed E-state index contributed by atoms with van der Waals surface area (Å²) < 4.78 is 5.22. The number of nitrogens with one attached hydrogen (secondary N) is 1. The van der Waals surface area contributed by atoms with Crippen molar-refractivity contribution in [2.45, 2.75) is 63.1 Å². The van der Waals surface area contributed by atoms with Gasteiger partial charge in [-0.25, -0.2) is 0 Å². The van der Waals surface area contributed by atoms with E-state index in [1.165, 1.54) is 6.42 Å². The van der Waals surface area contributed by atoms with E-state index in [1.807, 2.05) is 24.3 Å². The van der Waals surface area contributed by atoms with Crippen LogP contribution in [0, 0.1) is 0 Å². The minimum atomic E-state index is -0.637. The third-order valence-corrected chi connectivity index (χ3v) is 5.48. The van der Waals surface area contributed by atoms with E-state index < -0.39 is 6.04 Å². The number of hydrogen-bond donors (Lipinski definition) is 1. The lowest BCUT2D eigenvalue weighted by Crippen LogP contribution is -2.48. The van der Waals surface area contributed by atoms with Gasteiger partial charge in [0.25, 0.3) is 0 Å². The van der Waals surface area contributed by atoms with Gasteiger partial charge in [0.15, 0.2) is 0 Å². The summed E-state index contributed by atoms with van der Waals surface area (Å²) in [7, 11) is 1.61. The lowest BCUT2D eigenvalue weighted by molar-refractivity contribution is -0.140. The fraction of sp³-hybridized carbons (Fsp3) is 0.600. The van der Waals surface area contributed by atoms with Crippen molar-refractivity contribution >= 4 is 23.4 Å². The summed E-state index contributed by atoms with van der Waals surface area (Å²) in [5.41, 5.74) is 0.796. The Bertz CT molecular complexity index is 624. The number of ether oxygens (including phenoxy) is 1. The Balaban J connectivity index is 1.86. The van der Waals surface area contributed by atoms with Gasteiger partial charge in [0.1, 0.15) is 17.7 Å². The topological polar surface area (TPSA) is 58.6 Å². The molecule has 2 saturated carbocycles. The number of hydrogen-bond acceptors (Lipinski definition) is 3. The Morgan fingerprint density at radius 1 is 1.15 bits per heavy atom. The summed E-state index contributed by atoms with van der Waals surface area (Å²) >= 11 is 5.85. The molecule has 1 atom stereocenters. The maximum absolute atomic E-state index is 13.2. The Morgan fingerprint density at radius 2 is 1.81 bits per heavy atom. The molecule has 1 aromatic rings. The molecule has 2 aliphatic carbocycles. The van der Waals surface area contributed by atoms with Crippen molar-refractivity contribution in [2.75, 3.05) is 13.0 Å². The summed E-state index contributed by atoms with van der Waals surface area (Å²) in [5, 5.41) is 3.18. The third-order valence-electron chi connectivity index (χ3n) is 5.25. The van der Waals surface area contributed by atoms with Gasteiger partial charge in [0, 0.05) is 12.1 Å². The molecule has 0 unspecified atom stereocenters. The first kappa shape index (κ1) is 19.0. The van der Waals surface area contributed by atoms with Crippen molar-refractivity contribution in [1.29, 1.82) is 0 Å². The lowest BCUT2D eigenvalue weighted by Gasteiger charge is -2.33. The zero-order valence-electron chi connectivity index (χ0n) is 15.2. The minimum absolute atomic E-state index is 0.102. The molecule has 0 bridgehead atoms. The van der Waals surface area contributed by atoms with E-state index in [-0.39, 0.29) is 29.8 Å². The number of rotatable bonds is 7. The van der Waals surface area contributed by atoms with Gasteiger partial charge in [-0.15, -0.1) is 11.6 Å². The average molecular weight is 379 g/mol. The van der Waals surface area contributed by atoms with E-state index in [2.05, 4.69) is 5.32 Å². The quantitative estimate of drug-likeness (QED) is 0.739. The molecule has 142 valence electrons. The molecular formula is C20H27ClN2O3. The predicted molar refractivity (Wildman–Crippen MR) is 101 cm³/mol. The second kappa shape index (κ2) is 8.76. The molecule has 0 spiro atoms. The Morgan fingerprint density at radius 3 is 2.35 bits per heavy atom. The smallest absolute Gasteiger partial charge is 0.247 e. The number of alkyl halides is 1. The van der Waals surface area contributed by atoms with Gasteiger partial charge in [-0.05, 0) is 43.4 Å². The van der Waals surface area contributed by atoms with E-state index in [1.54, 1.807) is 12.0 Å². The summed E-state index contributed by atoms with van der Waals surface area (Å²) in [5.74, 6) is 0.322. The van der Waals surface area contributed by atoms with Gasteiger partial charge in [-0.1, -0.05) is 31.4 Å². The molecule has 0 heterocycles. The summed E-state index contributed by atoms with van der Waals surface area (Å²) in [6, 6.07) is 7.04. The molecule has 26 heavy (non-hydrogen) atoms. The lowest BCUT2D eigenvalue weighted by atomic mass is 9.94. The van der Waals surface area contributed by atoms with Crippen LogP contribution in [-0.4, -0.2) is 41.8 Å². The molecule has 0 aliphatic heterocycles. The van der Waals surface area contributed by atoms with Crippen LogP contribution in [0.3, 0.4) is 0 Å². The molecule has 1 aromatic carbocycles. The fourth-order valence-electron chi connectivity index (χ4n) is 3.73. The van der Waals surface area contributed by atoms with Crippen LogP contribution in [0.4, 0.5) is 0 Å². The highest BCUT2D eigenvalue weighted by molar-refractivity contribution is 6.27. The second-order valence-electron chi connectivity index (χ2n) is 7.19. The molecule has 0 saturated heterocycles. The average Bonchev–Trinajstić information content (AvgIpc) is 3.51. The normalized spacial score (nSPS) is 18.8. The molecule has 6 heteroatoms. The fourth-order valence-corrected chi connectivity index (χ4v) is 3.87. The standard InChI is InChI=1S/C20H27ClN2O3/c1-26-17-11-7-14(8-12-17)19(23(16-9-10-16)18(24)13-21)20(25)22-15-5-3-2-4-6-15/h7-8,11-12,15-16,19H,2-6,9-10,13H2,1H3,(H,22,25)/t19-/m0/s1. The third kappa shape index (κ3) is 4.50. The predicted octanol–water partition coefficient (Wildman–Crippen LogP) is 3.42. The first-order valence-electron chi connectivity index (χ1n) is 9.45. The molecule has 0 radical (unpaired) electrons. The van der Waals surface area contributed by atoms with Crippen LogP contribution in [0.1, 0.15) is 56.6 Å². The Kier molecular flexibility index (Phi) is 6.41. The maximum atomic E-state index is 13.2. The van der Waals surface area contributed by atoms with E-state index >= 15 is 0 Å². The van der Waals surface area contributed by atoms with Crippen LogP contribution in [0.15, 0.2) is 24.3 Å². The molecular weight excluding hydrogens is 352 g/mol. The number of methoxy groups -OCH3 is 1. The van der Waals surface area contributed by atoms with Crippen molar-refractivity contribution in [1.82, 2.24) is 10.2 Å². The van der Waals surface area contributed by atoms with Crippen LogP contribution in [0.25, 0.3) is 0 Å². The zero-order valence-corrected chi connectivity index (χ0v) is 16.0. The van der Waals surface area contributed by atoms with E-state index in [9.17, 15) is 9.59 Å². The first-order valence-corrected chi connectivity index (χ1v) is 9.99. The number of benzene rings is 1. The Hall–Kier alpha value is -1.75. The van der Waals surface area contributed by atoms with Crippen LogP contribution in [-0.2, 0) is 9.59 Å². The number of amides is 2. The van der Waals surface area contributed by atoms with Gasteiger partial charge in [-0.2, -0.15) is 0 Å². The SMILES string of the molecule is COc1ccc([C@@H](C(=O)NC2CCCCC2)N(C(=O)CCl)C2CC2)cc1. The number of nitrogens with zero attached hydrogens (tertiary/aromatic N) is 1. The molecule has 0 aromatic heterocycles. The minimum Gasteiger partial charge on any atom is -0.497 e. The highest BCUT2D eigenvalue weighted by atomic mass is 35.5. The molecule has 5 nitrogen and oxygen atoms in total. The molecule has 3 rings (SSSR count). The maximum Gasteiger partial charge on any atom is 0.247 e. The van der Waals surface area contributed by atoms with Gasteiger partial charge < -0.3 is 15.0 Å². The van der Waals surface area contributed by atoms with Crippen molar-refractivity contribution in [3.05, 3.63) is 29.8 Å². The van der Waals surface area contributed by atoms with Crippen LogP contribution in [0.5, 0.6) is 5.75 Å². The number of carbonyl (C=O) groups is 2. The highest BCUT2D eigenvalue weighted by Crippen LogP contribution is 2.36. The summed E-state index contributed by atoms with van der Waals surface area (Å²) in [6.45, 7) is 0. The van der Waals surface area contributed by atoms with Crippen molar-refractivity contribution in [3.63, 3.8) is 0 Å². The summed E-state index contributed by atoms with van der Waals surface area (Å²) in [6.07, 6.45) is 7.38. The van der Waals surface area contributed by atoms with Crippen LogP contribution in [0.2, 0.25) is 0 Å². The first-order chi connectivity index (χ1) is 12.6. The van der Waals surface area contributed by atoms with Crippen molar-refractivity contribution in [3.8, 4) is 5.75 Å². The molecule has 2 fully saturated rings.